The number of benzene rings is 1. The highest BCUT2D eigenvalue weighted by molar-refractivity contribution is 5.97. The molecule has 0 heterocycles. The first kappa shape index (κ1) is 15.7. The van der Waals surface area contributed by atoms with Gasteiger partial charge in [-0.25, -0.2) is 4.39 Å². The van der Waals surface area contributed by atoms with Crippen LogP contribution in [0.1, 0.15) is 36.8 Å². The van der Waals surface area contributed by atoms with Crippen molar-refractivity contribution in [3.8, 4) is 0 Å². The van der Waals surface area contributed by atoms with E-state index in [1.165, 1.54) is 12.1 Å². The first-order valence-electron chi connectivity index (χ1n) is 7.17. The van der Waals surface area contributed by atoms with Gasteiger partial charge in [0.25, 0.3) is 0 Å². The smallest absolute Gasteiger partial charge is 0.170 e. The van der Waals surface area contributed by atoms with Gasteiger partial charge in [-0.3, -0.25) is 0 Å². The summed E-state index contributed by atoms with van der Waals surface area (Å²) < 4.78 is 13.5. The van der Waals surface area contributed by atoms with Gasteiger partial charge in [0.05, 0.1) is 0 Å². The van der Waals surface area contributed by atoms with Crippen LogP contribution in [0.2, 0.25) is 0 Å². The monoisotopic (exact) mass is 295 g/mol. The Balaban J connectivity index is 1.98. The number of halogens is 1. The molecule has 0 radical (unpaired) electrons. The average Bonchev–Trinajstić information content (AvgIpc) is 2.95. The van der Waals surface area contributed by atoms with Gasteiger partial charge < -0.3 is 21.4 Å². The molecule has 1 aromatic carbocycles. The topological polar surface area (TPSA) is 90.9 Å². The summed E-state index contributed by atoms with van der Waals surface area (Å²) in [5, 5.41) is 24.4. The molecular weight excluding hydrogens is 273 g/mol. The zero-order chi connectivity index (χ0) is 15.3. The number of hydrogen-bond donors (Lipinski definition) is 4. The molecule has 2 rings (SSSR count). The van der Waals surface area contributed by atoms with E-state index in [1.54, 1.807) is 6.07 Å². The highest BCUT2D eigenvalue weighted by atomic mass is 19.1. The quantitative estimate of drug-likeness (QED) is 0.277. The summed E-state index contributed by atoms with van der Waals surface area (Å²) in [4.78, 5) is 0. The molecule has 1 aliphatic rings. The van der Waals surface area contributed by atoms with Crippen molar-refractivity contribution in [3.05, 3.63) is 35.1 Å². The number of hydrogen-bond acceptors (Lipinski definition) is 4. The van der Waals surface area contributed by atoms with Gasteiger partial charge in [0.2, 0.25) is 0 Å². The molecule has 116 valence electrons. The van der Waals surface area contributed by atoms with Gasteiger partial charge in [-0.05, 0) is 36.6 Å². The van der Waals surface area contributed by atoms with E-state index in [-0.39, 0.29) is 17.9 Å². The molecule has 0 amide bonds. The molecule has 6 heteroatoms. The molecule has 0 spiro atoms. The fourth-order valence-electron chi connectivity index (χ4n) is 2.95. The summed E-state index contributed by atoms with van der Waals surface area (Å²) in [7, 11) is 0. The van der Waals surface area contributed by atoms with E-state index in [2.05, 4.69) is 10.5 Å². The van der Waals surface area contributed by atoms with Crippen LogP contribution in [-0.2, 0) is 6.54 Å². The van der Waals surface area contributed by atoms with Crippen LogP contribution in [0.25, 0.3) is 0 Å². The molecule has 0 saturated heterocycles. The third-order valence-electron chi connectivity index (χ3n) is 4.19. The summed E-state index contributed by atoms with van der Waals surface area (Å²) >= 11 is 0. The lowest BCUT2D eigenvalue weighted by molar-refractivity contribution is 0.128. The molecule has 1 saturated carbocycles. The second-order valence-electron chi connectivity index (χ2n) is 5.80. The van der Waals surface area contributed by atoms with Crippen LogP contribution in [0.4, 0.5) is 4.39 Å². The molecule has 0 bridgehead atoms. The third-order valence-corrected chi connectivity index (χ3v) is 4.19. The van der Waals surface area contributed by atoms with Crippen molar-refractivity contribution in [2.24, 2.45) is 16.3 Å². The molecular formula is C15H22FN3O2. The van der Waals surface area contributed by atoms with Gasteiger partial charge in [-0.15, -0.1) is 0 Å². The predicted octanol–water partition coefficient (Wildman–Crippen LogP) is 1.56. The van der Waals surface area contributed by atoms with Crippen molar-refractivity contribution in [2.75, 3.05) is 13.2 Å². The van der Waals surface area contributed by atoms with E-state index in [0.29, 0.717) is 18.7 Å². The highest BCUT2D eigenvalue weighted by Crippen LogP contribution is 2.36. The Bertz CT molecular complexity index is 514. The number of oxime groups is 1. The Hall–Kier alpha value is -1.66. The molecule has 0 aliphatic heterocycles. The number of nitrogens with two attached hydrogens (primary N) is 1. The molecule has 5 N–H and O–H groups in total. The van der Waals surface area contributed by atoms with Gasteiger partial charge in [0, 0.05) is 30.7 Å². The molecule has 0 unspecified atom stereocenters. The van der Waals surface area contributed by atoms with Gasteiger partial charge in [-0.1, -0.05) is 18.0 Å². The maximum absolute atomic E-state index is 13.5. The number of aliphatic hydroxyl groups excluding tert-OH is 1. The zero-order valence-corrected chi connectivity index (χ0v) is 12.0. The molecule has 1 aromatic rings. The lowest BCUT2D eigenvalue weighted by Gasteiger charge is -2.26. The van der Waals surface area contributed by atoms with Crippen molar-refractivity contribution in [1.82, 2.24) is 5.32 Å². The maximum Gasteiger partial charge on any atom is 0.170 e. The lowest BCUT2D eigenvalue weighted by Crippen LogP contribution is -2.34. The Morgan fingerprint density at radius 1 is 1.33 bits per heavy atom. The van der Waals surface area contributed by atoms with Crippen LogP contribution in [0.3, 0.4) is 0 Å². The second-order valence-corrected chi connectivity index (χ2v) is 5.80. The van der Waals surface area contributed by atoms with Crippen molar-refractivity contribution in [3.63, 3.8) is 0 Å². The third kappa shape index (κ3) is 3.92. The van der Waals surface area contributed by atoms with Crippen LogP contribution < -0.4 is 11.1 Å². The van der Waals surface area contributed by atoms with Gasteiger partial charge in [0.15, 0.2) is 5.84 Å². The fourth-order valence-corrected chi connectivity index (χ4v) is 2.95. The molecule has 1 fully saturated rings. The summed E-state index contributed by atoms with van der Waals surface area (Å²) in [5.41, 5.74) is 6.52. The van der Waals surface area contributed by atoms with Gasteiger partial charge in [0.1, 0.15) is 5.82 Å². The Kier molecular flexibility index (Phi) is 5.14. The first-order chi connectivity index (χ1) is 10.1. The minimum atomic E-state index is -0.423. The van der Waals surface area contributed by atoms with E-state index in [4.69, 9.17) is 10.9 Å². The summed E-state index contributed by atoms with van der Waals surface area (Å²) in [6.07, 6.45) is 4.34. The zero-order valence-electron chi connectivity index (χ0n) is 12.0. The van der Waals surface area contributed by atoms with Crippen LogP contribution in [0.5, 0.6) is 0 Å². The Morgan fingerprint density at radius 3 is 2.67 bits per heavy atom. The van der Waals surface area contributed by atoms with Gasteiger partial charge in [-0.2, -0.15) is 0 Å². The number of aliphatic hydroxyl groups is 1. The highest BCUT2D eigenvalue weighted by Gasteiger charge is 2.32. The molecule has 21 heavy (non-hydrogen) atoms. The second kappa shape index (κ2) is 6.87. The lowest BCUT2D eigenvalue weighted by atomic mass is 9.87. The Morgan fingerprint density at radius 2 is 2.05 bits per heavy atom. The number of nitrogens with zero attached hydrogens (tertiary/aromatic N) is 1. The van der Waals surface area contributed by atoms with E-state index >= 15 is 0 Å². The number of rotatable bonds is 6. The molecule has 0 atom stereocenters. The van der Waals surface area contributed by atoms with E-state index in [0.717, 1.165) is 31.2 Å². The average molecular weight is 295 g/mol. The molecule has 1 aliphatic carbocycles. The van der Waals surface area contributed by atoms with Gasteiger partial charge >= 0.3 is 0 Å². The largest absolute Gasteiger partial charge is 0.409 e. The molecule has 5 nitrogen and oxygen atoms in total. The normalized spacial score (nSPS) is 18.1. The van der Waals surface area contributed by atoms with Crippen LogP contribution in [0, 0.1) is 11.2 Å². The standard InChI is InChI=1S/C15H22FN3O2/c16-13-6-11(5-12(7-13)14(17)19-21)8-18-9-15(10-20)3-1-2-4-15/h5-7,18,20-21H,1-4,8-10H2,(H2,17,19). The van der Waals surface area contributed by atoms with Crippen molar-refractivity contribution < 1.29 is 14.7 Å². The van der Waals surface area contributed by atoms with Crippen molar-refractivity contribution in [1.29, 1.82) is 0 Å². The summed E-state index contributed by atoms with van der Waals surface area (Å²) in [6, 6.07) is 4.33. The Labute approximate surface area is 123 Å². The number of amidine groups is 1. The van der Waals surface area contributed by atoms with E-state index in [1.807, 2.05) is 0 Å². The molecule has 0 aromatic heterocycles. The van der Waals surface area contributed by atoms with Crippen molar-refractivity contribution in [2.45, 2.75) is 32.2 Å². The van der Waals surface area contributed by atoms with Crippen LogP contribution in [-0.4, -0.2) is 29.3 Å². The van der Waals surface area contributed by atoms with E-state index < -0.39 is 5.82 Å². The minimum Gasteiger partial charge on any atom is -0.409 e. The van der Waals surface area contributed by atoms with Crippen molar-refractivity contribution >= 4 is 5.84 Å². The fraction of sp³-hybridized carbons (Fsp3) is 0.533. The SMILES string of the molecule is N/C(=N/O)c1cc(F)cc(CNCC2(CO)CCCC2)c1. The summed E-state index contributed by atoms with van der Waals surface area (Å²) in [5.74, 6) is -0.535. The first-order valence-corrected chi connectivity index (χ1v) is 7.17. The predicted molar refractivity (Wildman–Crippen MR) is 78.6 cm³/mol. The van der Waals surface area contributed by atoms with E-state index in [9.17, 15) is 9.50 Å². The minimum absolute atomic E-state index is 0.0399. The summed E-state index contributed by atoms with van der Waals surface area (Å²) in [6.45, 7) is 1.36. The van der Waals surface area contributed by atoms with Crippen LogP contribution >= 0.6 is 0 Å². The number of nitrogens with one attached hydrogen (secondary N) is 1. The maximum atomic E-state index is 13.5. The van der Waals surface area contributed by atoms with Crippen LogP contribution in [0.15, 0.2) is 23.4 Å².